The summed E-state index contributed by atoms with van der Waals surface area (Å²) in [6.07, 6.45) is 5.73. The zero-order valence-corrected chi connectivity index (χ0v) is 13.9. The van der Waals surface area contributed by atoms with Gasteiger partial charge in [-0.25, -0.2) is 8.42 Å². The molecule has 0 saturated heterocycles. The second-order valence-electron chi connectivity index (χ2n) is 5.89. The first-order valence-electron chi connectivity index (χ1n) is 7.48. The van der Waals surface area contributed by atoms with Gasteiger partial charge in [0.05, 0.1) is 17.1 Å². The summed E-state index contributed by atoms with van der Waals surface area (Å²) in [7, 11) is -1.43. The first-order valence-corrected chi connectivity index (χ1v) is 9.37. The van der Waals surface area contributed by atoms with Gasteiger partial charge in [-0.15, -0.1) is 0 Å². The van der Waals surface area contributed by atoms with Crippen molar-refractivity contribution < 1.29 is 13.2 Å². The minimum Gasteiger partial charge on any atom is -0.345 e. The lowest BCUT2D eigenvalue weighted by Crippen LogP contribution is -2.31. The summed E-state index contributed by atoms with van der Waals surface area (Å²) in [5.74, 6) is -0.266. The van der Waals surface area contributed by atoms with Crippen LogP contribution in [-0.2, 0) is 23.3 Å². The van der Waals surface area contributed by atoms with Gasteiger partial charge in [0.1, 0.15) is 0 Å². The van der Waals surface area contributed by atoms with Crippen molar-refractivity contribution >= 4 is 15.7 Å². The van der Waals surface area contributed by atoms with Crippen molar-refractivity contribution in [3.63, 3.8) is 0 Å². The number of hydrogen-bond donors (Lipinski definition) is 1. The van der Waals surface area contributed by atoms with Crippen LogP contribution in [0.2, 0.25) is 0 Å². The standard InChI is InChI=1S/C16H19N3O3S/c1-19-15-8-4-7-14(13(15)10-17-19)18-16(20)11-5-3-6-12(9-11)23(2,21)22/h3,5-6,9-10,14H,4,7-8H2,1-2H3,(H,18,20)/t14-/m1/s1. The SMILES string of the molecule is Cn1ncc2c1CCC[C@H]2NC(=O)c1cccc(S(C)(=O)=O)c1. The number of amides is 1. The summed E-state index contributed by atoms with van der Waals surface area (Å²) in [5, 5.41) is 7.26. The topological polar surface area (TPSA) is 81.1 Å². The Labute approximate surface area is 135 Å². The zero-order chi connectivity index (χ0) is 16.6. The summed E-state index contributed by atoms with van der Waals surface area (Å²) in [6, 6.07) is 6.03. The molecule has 23 heavy (non-hydrogen) atoms. The Morgan fingerprint density at radius 2 is 2.17 bits per heavy atom. The van der Waals surface area contributed by atoms with E-state index in [2.05, 4.69) is 10.4 Å². The number of benzene rings is 1. The number of hydrogen-bond acceptors (Lipinski definition) is 4. The Hall–Kier alpha value is -2.15. The van der Waals surface area contributed by atoms with Gasteiger partial charge in [0, 0.05) is 30.1 Å². The van der Waals surface area contributed by atoms with Gasteiger partial charge in [0.25, 0.3) is 5.91 Å². The van der Waals surface area contributed by atoms with E-state index < -0.39 is 9.84 Å². The van der Waals surface area contributed by atoms with Gasteiger partial charge in [-0.2, -0.15) is 5.10 Å². The molecular formula is C16H19N3O3S. The third-order valence-electron chi connectivity index (χ3n) is 4.21. The average Bonchev–Trinajstić information content (AvgIpc) is 2.89. The van der Waals surface area contributed by atoms with Gasteiger partial charge in [0.2, 0.25) is 0 Å². The van der Waals surface area contributed by atoms with Gasteiger partial charge < -0.3 is 5.32 Å². The molecule has 122 valence electrons. The van der Waals surface area contributed by atoms with Crippen molar-refractivity contribution in [2.45, 2.75) is 30.2 Å². The van der Waals surface area contributed by atoms with Gasteiger partial charge in [-0.3, -0.25) is 9.48 Å². The van der Waals surface area contributed by atoms with Crippen molar-refractivity contribution in [1.29, 1.82) is 0 Å². The number of aryl methyl sites for hydroxylation is 1. The maximum atomic E-state index is 12.5. The molecule has 1 aromatic heterocycles. The van der Waals surface area contributed by atoms with Crippen LogP contribution in [0.3, 0.4) is 0 Å². The minimum atomic E-state index is -3.33. The van der Waals surface area contributed by atoms with Gasteiger partial charge in [-0.1, -0.05) is 6.07 Å². The fourth-order valence-corrected chi connectivity index (χ4v) is 3.63. The van der Waals surface area contributed by atoms with Gasteiger partial charge >= 0.3 is 0 Å². The van der Waals surface area contributed by atoms with Crippen LogP contribution >= 0.6 is 0 Å². The van der Waals surface area contributed by atoms with Gasteiger partial charge in [-0.05, 0) is 37.5 Å². The first kappa shape index (κ1) is 15.7. The Bertz CT molecular complexity index is 855. The highest BCUT2D eigenvalue weighted by Crippen LogP contribution is 2.29. The molecule has 6 nitrogen and oxygen atoms in total. The number of nitrogens with one attached hydrogen (secondary N) is 1. The van der Waals surface area contributed by atoms with Crippen LogP contribution in [-0.4, -0.2) is 30.4 Å². The van der Waals surface area contributed by atoms with Crippen molar-refractivity contribution in [3.05, 3.63) is 47.3 Å². The fourth-order valence-electron chi connectivity index (χ4n) is 2.97. The van der Waals surface area contributed by atoms with Crippen LogP contribution in [0.1, 0.15) is 40.5 Å². The second kappa shape index (κ2) is 5.81. The normalized spacial score (nSPS) is 17.6. The van der Waals surface area contributed by atoms with Crippen LogP contribution in [0, 0.1) is 0 Å². The summed E-state index contributed by atoms with van der Waals surface area (Å²) >= 11 is 0. The molecule has 0 saturated carbocycles. The molecule has 3 rings (SSSR count). The maximum Gasteiger partial charge on any atom is 0.251 e. The lowest BCUT2D eigenvalue weighted by molar-refractivity contribution is 0.0932. The Morgan fingerprint density at radius 3 is 2.91 bits per heavy atom. The fraction of sp³-hybridized carbons (Fsp3) is 0.375. The lowest BCUT2D eigenvalue weighted by Gasteiger charge is -2.23. The Morgan fingerprint density at radius 1 is 1.39 bits per heavy atom. The molecule has 0 spiro atoms. The van der Waals surface area contributed by atoms with Crippen molar-refractivity contribution in [1.82, 2.24) is 15.1 Å². The predicted octanol–water partition coefficient (Wildman–Crippen LogP) is 1.63. The van der Waals surface area contributed by atoms with Crippen molar-refractivity contribution in [2.75, 3.05) is 6.26 Å². The quantitative estimate of drug-likeness (QED) is 0.926. The molecule has 0 aliphatic heterocycles. The smallest absolute Gasteiger partial charge is 0.251 e. The van der Waals surface area contributed by atoms with Crippen LogP contribution in [0.25, 0.3) is 0 Å². The minimum absolute atomic E-state index is 0.0816. The van der Waals surface area contributed by atoms with Crippen LogP contribution in [0.15, 0.2) is 35.4 Å². The molecule has 0 unspecified atom stereocenters. The molecular weight excluding hydrogens is 314 g/mol. The summed E-state index contributed by atoms with van der Waals surface area (Å²) in [4.78, 5) is 12.6. The van der Waals surface area contributed by atoms with Crippen LogP contribution in [0.5, 0.6) is 0 Å². The molecule has 1 aliphatic carbocycles. The predicted molar refractivity (Wildman–Crippen MR) is 85.9 cm³/mol. The number of aromatic nitrogens is 2. The van der Waals surface area contributed by atoms with E-state index in [0.29, 0.717) is 5.56 Å². The molecule has 2 aromatic rings. The lowest BCUT2D eigenvalue weighted by atomic mass is 9.93. The van der Waals surface area contributed by atoms with E-state index >= 15 is 0 Å². The zero-order valence-electron chi connectivity index (χ0n) is 13.1. The van der Waals surface area contributed by atoms with E-state index in [1.165, 1.54) is 12.1 Å². The number of nitrogens with zero attached hydrogens (tertiary/aromatic N) is 2. The molecule has 1 heterocycles. The van der Waals surface area contributed by atoms with Crippen LogP contribution in [0.4, 0.5) is 0 Å². The largest absolute Gasteiger partial charge is 0.345 e. The molecule has 7 heteroatoms. The molecule has 1 aliphatic rings. The number of rotatable bonds is 3. The molecule has 1 N–H and O–H groups in total. The highest BCUT2D eigenvalue weighted by molar-refractivity contribution is 7.90. The van der Waals surface area contributed by atoms with E-state index in [1.807, 2.05) is 11.7 Å². The third-order valence-corrected chi connectivity index (χ3v) is 5.32. The monoisotopic (exact) mass is 333 g/mol. The summed E-state index contributed by atoms with van der Waals surface area (Å²) < 4.78 is 25.1. The first-order chi connectivity index (χ1) is 10.9. The average molecular weight is 333 g/mol. The number of carbonyl (C=O) groups excluding carboxylic acids is 1. The molecule has 0 radical (unpaired) electrons. The molecule has 1 atom stereocenters. The number of fused-ring (bicyclic) bond motifs is 1. The highest BCUT2D eigenvalue weighted by Gasteiger charge is 2.25. The summed E-state index contributed by atoms with van der Waals surface area (Å²) in [5.41, 5.74) is 2.54. The van der Waals surface area contributed by atoms with E-state index in [4.69, 9.17) is 0 Å². The highest BCUT2D eigenvalue weighted by atomic mass is 32.2. The second-order valence-corrected chi connectivity index (χ2v) is 7.90. The van der Waals surface area contributed by atoms with Crippen molar-refractivity contribution in [2.24, 2.45) is 7.05 Å². The van der Waals surface area contributed by atoms with E-state index in [-0.39, 0.29) is 16.8 Å². The van der Waals surface area contributed by atoms with Crippen molar-refractivity contribution in [3.8, 4) is 0 Å². The van der Waals surface area contributed by atoms with Gasteiger partial charge in [0.15, 0.2) is 9.84 Å². The number of carbonyl (C=O) groups is 1. The molecule has 1 aromatic carbocycles. The molecule has 0 bridgehead atoms. The molecule has 0 fully saturated rings. The van der Waals surface area contributed by atoms with E-state index in [0.717, 1.165) is 36.8 Å². The third kappa shape index (κ3) is 3.14. The number of sulfone groups is 1. The Kier molecular flexibility index (Phi) is 3.97. The van der Waals surface area contributed by atoms with E-state index in [1.54, 1.807) is 18.3 Å². The Balaban J connectivity index is 1.83. The van der Waals surface area contributed by atoms with Crippen LogP contribution < -0.4 is 5.32 Å². The molecule has 1 amide bonds. The maximum absolute atomic E-state index is 12.5. The summed E-state index contributed by atoms with van der Waals surface area (Å²) in [6.45, 7) is 0. The van der Waals surface area contributed by atoms with E-state index in [9.17, 15) is 13.2 Å².